The summed E-state index contributed by atoms with van der Waals surface area (Å²) in [6.07, 6.45) is 2.44. The van der Waals surface area contributed by atoms with E-state index in [1.165, 1.54) is 12.0 Å². The van der Waals surface area contributed by atoms with Crippen LogP contribution in [-0.2, 0) is 0 Å². The van der Waals surface area contributed by atoms with Crippen LogP contribution in [0.15, 0.2) is 58.5 Å². The number of para-hydroxylation sites is 1. The van der Waals surface area contributed by atoms with Gasteiger partial charge in [0.2, 0.25) is 0 Å². The number of nitrogens with zero attached hydrogens (tertiary/aromatic N) is 4. The second-order valence-corrected chi connectivity index (χ2v) is 6.51. The molecule has 0 radical (unpaired) electrons. The molecule has 0 aliphatic carbocycles. The number of aromatic nitrogens is 4. The van der Waals surface area contributed by atoms with Gasteiger partial charge in [-0.25, -0.2) is 14.8 Å². The van der Waals surface area contributed by atoms with Crippen molar-refractivity contribution >= 4 is 23.2 Å². The first kappa shape index (κ1) is 18.4. The average Bonchev–Trinajstić information content (AvgIpc) is 2.74. The number of amides is 1. The van der Waals surface area contributed by atoms with E-state index in [-0.39, 0.29) is 11.4 Å². The Hall–Kier alpha value is -3.95. The number of hydrogen-bond donors (Lipinski definition) is 3. The molecule has 3 heterocycles. The first-order valence-electron chi connectivity index (χ1n) is 9.10. The zero-order valence-electron chi connectivity index (χ0n) is 15.5. The SMILES string of the molecule is O=C(Nc1cc(N2CCN(c3ccccc3)CC2)ncn1)c1c[nH]c(=O)[nH]c1=O. The Balaban J connectivity index is 1.43. The van der Waals surface area contributed by atoms with Crippen LogP contribution in [0, 0.1) is 0 Å². The van der Waals surface area contributed by atoms with Crippen LogP contribution >= 0.6 is 0 Å². The molecule has 0 bridgehead atoms. The number of anilines is 3. The lowest BCUT2D eigenvalue weighted by molar-refractivity contribution is 0.102. The molecule has 1 aliphatic rings. The van der Waals surface area contributed by atoms with Crippen LogP contribution in [0.2, 0.25) is 0 Å². The highest BCUT2D eigenvalue weighted by Crippen LogP contribution is 2.20. The van der Waals surface area contributed by atoms with Gasteiger partial charge >= 0.3 is 5.69 Å². The minimum atomic E-state index is -0.766. The fraction of sp³-hybridized carbons (Fsp3) is 0.211. The lowest BCUT2D eigenvalue weighted by Gasteiger charge is -2.36. The number of carbonyl (C=O) groups excluding carboxylic acids is 1. The third-order valence-electron chi connectivity index (χ3n) is 4.68. The molecule has 10 heteroatoms. The van der Waals surface area contributed by atoms with Gasteiger partial charge in [-0.2, -0.15) is 0 Å². The van der Waals surface area contributed by atoms with E-state index in [0.29, 0.717) is 5.82 Å². The van der Waals surface area contributed by atoms with Crippen molar-refractivity contribution in [3.63, 3.8) is 0 Å². The molecule has 4 rings (SSSR count). The van der Waals surface area contributed by atoms with E-state index in [0.717, 1.165) is 32.4 Å². The summed E-state index contributed by atoms with van der Waals surface area (Å²) < 4.78 is 0. The zero-order valence-corrected chi connectivity index (χ0v) is 15.5. The lowest BCUT2D eigenvalue weighted by atomic mass is 10.2. The molecule has 0 atom stereocenters. The number of aromatic amines is 2. The van der Waals surface area contributed by atoms with Crippen molar-refractivity contribution in [1.82, 2.24) is 19.9 Å². The molecule has 1 aromatic carbocycles. The van der Waals surface area contributed by atoms with E-state index in [9.17, 15) is 14.4 Å². The molecule has 0 saturated carbocycles. The van der Waals surface area contributed by atoms with Crippen molar-refractivity contribution in [2.75, 3.05) is 41.3 Å². The lowest BCUT2D eigenvalue weighted by Crippen LogP contribution is -2.46. The summed E-state index contributed by atoms with van der Waals surface area (Å²) in [7, 11) is 0. The van der Waals surface area contributed by atoms with Gasteiger partial charge in [-0.15, -0.1) is 0 Å². The summed E-state index contributed by atoms with van der Waals surface area (Å²) >= 11 is 0. The number of benzene rings is 1. The van der Waals surface area contributed by atoms with E-state index in [2.05, 4.69) is 42.2 Å². The summed E-state index contributed by atoms with van der Waals surface area (Å²) in [5.74, 6) is 0.301. The van der Waals surface area contributed by atoms with Crippen LogP contribution in [0.5, 0.6) is 0 Å². The van der Waals surface area contributed by atoms with Crippen LogP contribution < -0.4 is 26.4 Å². The number of carbonyl (C=O) groups is 1. The van der Waals surface area contributed by atoms with Crippen LogP contribution in [0.3, 0.4) is 0 Å². The molecule has 2 aromatic heterocycles. The first-order chi connectivity index (χ1) is 14.1. The standard InChI is InChI=1S/C19H19N7O3/c27-17(14-11-20-19(29)24-18(14)28)23-15-10-16(22-12-21-15)26-8-6-25(7-9-26)13-4-2-1-3-5-13/h1-5,10-12H,6-9H2,(H2,20,24,28,29)(H,21,22,23,27). The van der Waals surface area contributed by atoms with Gasteiger partial charge in [0.15, 0.2) is 0 Å². The quantitative estimate of drug-likeness (QED) is 0.587. The van der Waals surface area contributed by atoms with Crippen molar-refractivity contribution in [3.05, 3.63) is 75.3 Å². The van der Waals surface area contributed by atoms with Crippen molar-refractivity contribution in [3.8, 4) is 0 Å². The molecule has 3 N–H and O–H groups in total. The Morgan fingerprint density at radius 1 is 1.00 bits per heavy atom. The number of rotatable bonds is 4. The topological polar surface area (TPSA) is 127 Å². The van der Waals surface area contributed by atoms with Gasteiger partial charge in [0.25, 0.3) is 11.5 Å². The van der Waals surface area contributed by atoms with Gasteiger partial charge in [-0.05, 0) is 12.1 Å². The van der Waals surface area contributed by atoms with Crippen molar-refractivity contribution in [1.29, 1.82) is 0 Å². The Bertz CT molecular complexity index is 1120. The largest absolute Gasteiger partial charge is 0.368 e. The number of H-pyrrole nitrogens is 2. The Kier molecular flexibility index (Phi) is 5.06. The maximum atomic E-state index is 12.3. The van der Waals surface area contributed by atoms with E-state index in [1.807, 2.05) is 23.2 Å². The maximum absolute atomic E-state index is 12.3. The maximum Gasteiger partial charge on any atom is 0.325 e. The minimum absolute atomic E-state index is 0.207. The van der Waals surface area contributed by atoms with Crippen LogP contribution in [0.4, 0.5) is 17.3 Å². The second-order valence-electron chi connectivity index (χ2n) is 6.51. The summed E-state index contributed by atoms with van der Waals surface area (Å²) in [6, 6.07) is 11.9. The highest BCUT2D eigenvalue weighted by atomic mass is 16.2. The predicted octanol–water partition coefficient (Wildman–Crippen LogP) is 0.432. The monoisotopic (exact) mass is 393 g/mol. The third-order valence-corrected chi connectivity index (χ3v) is 4.68. The van der Waals surface area contributed by atoms with Crippen LogP contribution in [-0.4, -0.2) is 52.0 Å². The summed E-state index contributed by atoms with van der Waals surface area (Å²) in [5.41, 5.74) is -0.460. The van der Waals surface area contributed by atoms with Gasteiger partial charge < -0.3 is 20.1 Å². The fourth-order valence-corrected chi connectivity index (χ4v) is 3.18. The smallest absolute Gasteiger partial charge is 0.325 e. The molecule has 1 saturated heterocycles. The van der Waals surface area contributed by atoms with Gasteiger partial charge in [0, 0.05) is 44.1 Å². The molecule has 1 aliphatic heterocycles. The Labute approximate surface area is 165 Å². The number of piperazine rings is 1. The number of nitrogens with one attached hydrogen (secondary N) is 3. The molecule has 1 amide bonds. The average molecular weight is 393 g/mol. The minimum Gasteiger partial charge on any atom is -0.368 e. The second kappa shape index (κ2) is 7.97. The molecule has 0 unspecified atom stereocenters. The molecule has 29 heavy (non-hydrogen) atoms. The predicted molar refractivity (Wildman–Crippen MR) is 109 cm³/mol. The van der Waals surface area contributed by atoms with Crippen molar-refractivity contribution in [2.45, 2.75) is 0 Å². The van der Waals surface area contributed by atoms with Crippen molar-refractivity contribution < 1.29 is 4.79 Å². The zero-order chi connectivity index (χ0) is 20.2. The Morgan fingerprint density at radius 3 is 2.45 bits per heavy atom. The van der Waals surface area contributed by atoms with Crippen LogP contribution in [0.25, 0.3) is 0 Å². The van der Waals surface area contributed by atoms with Gasteiger partial charge in [-0.1, -0.05) is 18.2 Å². The highest BCUT2D eigenvalue weighted by molar-refractivity contribution is 6.03. The van der Waals surface area contributed by atoms with E-state index >= 15 is 0 Å². The van der Waals surface area contributed by atoms with Crippen molar-refractivity contribution in [2.24, 2.45) is 0 Å². The molecular formula is C19H19N7O3. The summed E-state index contributed by atoms with van der Waals surface area (Å²) in [6.45, 7) is 3.25. The molecule has 0 spiro atoms. The normalized spacial score (nSPS) is 13.9. The highest BCUT2D eigenvalue weighted by Gasteiger charge is 2.19. The fourth-order valence-electron chi connectivity index (χ4n) is 3.18. The Morgan fingerprint density at radius 2 is 1.72 bits per heavy atom. The molecular weight excluding hydrogens is 374 g/mol. The van der Waals surface area contributed by atoms with Gasteiger partial charge in [0.1, 0.15) is 23.5 Å². The summed E-state index contributed by atoms with van der Waals surface area (Å²) in [4.78, 5) is 52.2. The molecule has 148 valence electrons. The van der Waals surface area contributed by atoms with E-state index < -0.39 is 17.2 Å². The molecule has 1 fully saturated rings. The van der Waals surface area contributed by atoms with E-state index in [4.69, 9.17) is 0 Å². The first-order valence-corrected chi connectivity index (χ1v) is 9.10. The van der Waals surface area contributed by atoms with Gasteiger partial charge in [-0.3, -0.25) is 14.6 Å². The van der Waals surface area contributed by atoms with Crippen LogP contribution in [0.1, 0.15) is 10.4 Å². The third kappa shape index (κ3) is 4.15. The summed E-state index contributed by atoms with van der Waals surface area (Å²) in [5, 5.41) is 2.56. The number of hydrogen-bond acceptors (Lipinski definition) is 7. The molecule has 3 aromatic rings. The van der Waals surface area contributed by atoms with Gasteiger partial charge in [0.05, 0.1) is 0 Å². The molecule has 10 nitrogen and oxygen atoms in total. The van der Waals surface area contributed by atoms with E-state index in [1.54, 1.807) is 6.07 Å².